The van der Waals surface area contributed by atoms with Gasteiger partial charge in [-0.25, -0.2) is 4.39 Å². The summed E-state index contributed by atoms with van der Waals surface area (Å²) in [6, 6.07) is 1.30. The number of hydrogen-bond donors (Lipinski definition) is 3. The van der Waals surface area contributed by atoms with Crippen molar-refractivity contribution in [1.29, 1.82) is 0 Å². The van der Waals surface area contributed by atoms with Gasteiger partial charge in [0, 0.05) is 29.4 Å². The van der Waals surface area contributed by atoms with Crippen LogP contribution in [0.2, 0.25) is 0 Å². The molecule has 0 aliphatic rings. The minimum Gasteiger partial charge on any atom is -0.370 e. The molecule has 0 aliphatic heterocycles. The third-order valence-electron chi connectivity index (χ3n) is 2.64. The maximum absolute atomic E-state index is 13.4. The topological polar surface area (TPSA) is 57.2 Å². The number of halogens is 1. The van der Waals surface area contributed by atoms with Crippen LogP contribution in [-0.2, 0) is 5.72 Å². The Balaban J connectivity index is 3.06. The SMILES string of the molecule is CC(C)(C)NC[C@@](O)(NC(C)(C)C)c1cncc(F)c1. The molecule has 0 amide bonds. The van der Waals surface area contributed by atoms with Crippen molar-refractivity contribution < 1.29 is 9.50 Å². The molecule has 0 saturated heterocycles. The quantitative estimate of drug-likeness (QED) is 0.741. The summed E-state index contributed by atoms with van der Waals surface area (Å²) >= 11 is 0. The highest BCUT2D eigenvalue weighted by atomic mass is 19.1. The summed E-state index contributed by atoms with van der Waals surface area (Å²) in [5, 5.41) is 17.3. The molecule has 0 aromatic carbocycles. The molecule has 0 spiro atoms. The molecule has 1 aromatic rings. The minimum absolute atomic E-state index is 0.158. The number of nitrogens with one attached hydrogen (secondary N) is 2. The van der Waals surface area contributed by atoms with Crippen molar-refractivity contribution in [1.82, 2.24) is 15.6 Å². The van der Waals surface area contributed by atoms with Crippen LogP contribution in [0.1, 0.15) is 47.1 Å². The second-order valence-corrected chi connectivity index (χ2v) is 7.23. The van der Waals surface area contributed by atoms with Gasteiger partial charge in [0.25, 0.3) is 0 Å². The summed E-state index contributed by atoms with van der Waals surface area (Å²) in [4.78, 5) is 3.82. The zero-order valence-electron chi connectivity index (χ0n) is 13.2. The lowest BCUT2D eigenvalue weighted by atomic mass is 9.98. The van der Waals surface area contributed by atoms with Gasteiger partial charge in [-0.05, 0) is 47.6 Å². The fourth-order valence-electron chi connectivity index (χ4n) is 1.87. The second kappa shape index (κ2) is 5.76. The van der Waals surface area contributed by atoms with Gasteiger partial charge in [-0.2, -0.15) is 0 Å². The van der Waals surface area contributed by atoms with Crippen LogP contribution in [0.25, 0.3) is 0 Å². The van der Waals surface area contributed by atoms with Gasteiger partial charge in [0.2, 0.25) is 0 Å². The minimum atomic E-state index is -1.39. The van der Waals surface area contributed by atoms with Gasteiger partial charge in [-0.3, -0.25) is 10.3 Å². The van der Waals surface area contributed by atoms with Crippen molar-refractivity contribution >= 4 is 0 Å². The first-order valence-electron chi connectivity index (χ1n) is 6.79. The molecule has 1 atom stereocenters. The number of aliphatic hydroxyl groups is 1. The molecule has 1 aromatic heterocycles. The van der Waals surface area contributed by atoms with Gasteiger partial charge in [-0.15, -0.1) is 0 Å². The lowest BCUT2D eigenvalue weighted by molar-refractivity contribution is -0.0262. The second-order valence-electron chi connectivity index (χ2n) is 7.23. The van der Waals surface area contributed by atoms with E-state index in [1.54, 1.807) is 0 Å². The van der Waals surface area contributed by atoms with Crippen LogP contribution in [0, 0.1) is 5.82 Å². The Morgan fingerprint density at radius 3 is 2.15 bits per heavy atom. The Labute approximate surface area is 120 Å². The third-order valence-corrected chi connectivity index (χ3v) is 2.64. The molecule has 1 heterocycles. The van der Waals surface area contributed by atoms with Crippen LogP contribution < -0.4 is 10.6 Å². The molecule has 0 saturated carbocycles. The Bertz CT molecular complexity index is 451. The Kier molecular flexibility index (Phi) is 4.90. The van der Waals surface area contributed by atoms with Crippen LogP contribution in [-0.4, -0.2) is 27.7 Å². The fourth-order valence-corrected chi connectivity index (χ4v) is 1.87. The van der Waals surface area contributed by atoms with Gasteiger partial charge in [0.05, 0.1) is 6.20 Å². The number of aromatic nitrogens is 1. The molecule has 0 bridgehead atoms. The predicted molar refractivity (Wildman–Crippen MR) is 78.7 cm³/mol. The Morgan fingerprint density at radius 1 is 1.10 bits per heavy atom. The molecule has 0 fully saturated rings. The zero-order valence-corrected chi connectivity index (χ0v) is 13.2. The largest absolute Gasteiger partial charge is 0.370 e. The van der Waals surface area contributed by atoms with E-state index in [0.717, 1.165) is 6.20 Å². The third kappa shape index (κ3) is 5.53. The van der Waals surface area contributed by atoms with Crippen LogP contribution in [0.5, 0.6) is 0 Å². The van der Waals surface area contributed by atoms with Crippen molar-refractivity contribution in [3.8, 4) is 0 Å². The lowest BCUT2D eigenvalue weighted by Gasteiger charge is -2.38. The van der Waals surface area contributed by atoms with Crippen molar-refractivity contribution in [2.75, 3.05) is 6.54 Å². The van der Waals surface area contributed by atoms with Crippen molar-refractivity contribution in [2.24, 2.45) is 0 Å². The number of hydrogen-bond acceptors (Lipinski definition) is 4. The van der Waals surface area contributed by atoms with E-state index < -0.39 is 11.5 Å². The maximum Gasteiger partial charge on any atom is 0.156 e. The summed E-state index contributed by atoms with van der Waals surface area (Å²) < 4.78 is 13.4. The molecule has 5 heteroatoms. The molecule has 20 heavy (non-hydrogen) atoms. The van der Waals surface area contributed by atoms with Crippen molar-refractivity contribution in [3.63, 3.8) is 0 Å². The number of rotatable bonds is 4. The zero-order chi connectivity index (χ0) is 15.6. The van der Waals surface area contributed by atoms with Gasteiger partial charge >= 0.3 is 0 Å². The summed E-state index contributed by atoms with van der Waals surface area (Å²) in [7, 11) is 0. The average Bonchev–Trinajstić information content (AvgIpc) is 2.23. The van der Waals surface area contributed by atoms with E-state index in [1.165, 1.54) is 12.3 Å². The first kappa shape index (κ1) is 17.0. The van der Waals surface area contributed by atoms with Gasteiger partial charge in [0.15, 0.2) is 5.72 Å². The molecule has 0 unspecified atom stereocenters. The number of nitrogens with zero attached hydrogens (tertiary/aromatic N) is 1. The normalized spacial score (nSPS) is 16.0. The van der Waals surface area contributed by atoms with E-state index in [4.69, 9.17) is 0 Å². The molecule has 0 aliphatic carbocycles. The number of pyridine rings is 1. The molecule has 0 radical (unpaired) electrons. The summed E-state index contributed by atoms with van der Waals surface area (Å²) in [5.74, 6) is -0.465. The smallest absolute Gasteiger partial charge is 0.156 e. The summed E-state index contributed by atoms with van der Waals surface area (Å²) in [6.45, 7) is 12.1. The van der Waals surface area contributed by atoms with E-state index in [2.05, 4.69) is 15.6 Å². The van der Waals surface area contributed by atoms with Crippen LogP contribution in [0.15, 0.2) is 18.5 Å². The average molecular weight is 283 g/mol. The Hall–Kier alpha value is -1.04. The molecule has 114 valence electrons. The highest BCUT2D eigenvalue weighted by Gasteiger charge is 2.34. The van der Waals surface area contributed by atoms with Gasteiger partial charge in [-0.1, -0.05) is 0 Å². The highest BCUT2D eigenvalue weighted by molar-refractivity contribution is 5.19. The van der Waals surface area contributed by atoms with E-state index in [9.17, 15) is 9.50 Å². The number of β-amino-alcohol motifs (C(OH)–C–C–N with tert-alkyl or cyclic N) is 1. The van der Waals surface area contributed by atoms with Crippen molar-refractivity contribution in [3.05, 3.63) is 29.8 Å². The van der Waals surface area contributed by atoms with Crippen LogP contribution in [0.4, 0.5) is 4.39 Å². The molecular weight excluding hydrogens is 257 g/mol. The van der Waals surface area contributed by atoms with Gasteiger partial charge in [0.1, 0.15) is 5.82 Å². The fraction of sp³-hybridized carbons (Fsp3) is 0.667. The molecule has 3 N–H and O–H groups in total. The molecular formula is C15H26FN3O. The molecule has 4 nitrogen and oxygen atoms in total. The predicted octanol–water partition coefficient (Wildman–Crippen LogP) is 2.14. The van der Waals surface area contributed by atoms with E-state index >= 15 is 0 Å². The first-order valence-corrected chi connectivity index (χ1v) is 6.79. The lowest BCUT2D eigenvalue weighted by Crippen LogP contribution is -2.58. The van der Waals surface area contributed by atoms with Crippen LogP contribution in [0.3, 0.4) is 0 Å². The van der Waals surface area contributed by atoms with Crippen molar-refractivity contribution in [2.45, 2.75) is 58.3 Å². The maximum atomic E-state index is 13.4. The summed E-state index contributed by atoms with van der Waals surface area (Å²) in [6.07, 6.45) is 2.60. The Morgan fingerprint density at radius 2 is 1.70 bits per heavy atom. The highest BCUT2D eigenvalue weighted by Crippen LogP contribution is 2.22. The van der Waals surface area contributed by atoms with E-state index in [0.29, 0.717) is 5.56 Å². The summed E-state index contributed by atoms with van der Waals surface area (Å²) in [5.41, 5.74) is -1.47. The van der Waals surface area contributed by atoms with E-state index in [1.807, 2.05) is 41.5 Å². The monoisotopic (exact) mass is 283 g/mol. The van der Waals surface area contributed by atoms with Gasteiger partial charge < -0.3 is 10.4 Å². The van der Waals surface area contributed by atoms with Crippen LogP contribution >= 0.6 is 0 Å². The first-order chi connectivity index (χ1) is 8.91. The van der Waals surface area contributed by atoms with E-state index in [-0.39, 0.29) is 17.6 Å². The standard InChI is InChI=1S/C15H26FN3O/c1-13(2,3)18-10-15(20,19-14(4,5)6)11-7-12(16)9-17-8-11/h7-9,18-20H,10H2,1-6H3/t15-/m0/s1. The molecule has 1 rings (SSSR count).